The van der Waals surface area contributed by atoms with E-state index in [4.69, 9.17) is 0 Å². The molecule has 0 saturated heterocycles. The van der Waals surface area contributed by atoms with Crippen LogP contribution in [0.2, 0.25) is 0 Å². The lowest BCUT2D eigenvalue weighted by Gasteiger charge is -2.12. The van der Waals surface area contributed by atoms with Gasteiger partial charge in [0.2, 0.25) is 0 Å². The summed E-state index contributed by atoms with van der Waals surface area (Å²) in [6.07, 6.45) is 1.56. The van der Waals surface area contributed by atoms with Gasteiger partial charge in [-0.05, 0) is 31.9 Å². The lowest BCUT2D eigenvalue weighted by molar-refractivity contribution is -0.119. The first-order valence-electron chi connectivity index (χ1n) is 5.07. The second-order valence-electron chi connectivity index (χ2n) is 3.83. The third kappa shape index (κ3) is 1.46. The second kappa shape index (κ2) is 3.53. The topological polar surface area (TPSA) is 51.1 Å². The zero-order valence-corrected chi connectivity index (χ0v) is 8.91. The molecular formula is C11H14N2O2. The van der Waals surface area contributed by atoms with Gasteiger partial charge >= 0.3 is 0 Å². The number of pyridine rings is 1. The molecule has 0 radical (unpaired) electrons. The average molecular weight is 206 g/mol. The smallest absolute Gasteiger partial charge is 0.274 e. The van der Waals surface area contributed by atoms with Crippen molar-refractivity contribution in [1.82, 2.24) is 4.57 Å². The molecule has 1 aliphatic rings. The van der Waals surface area contributed by atoms with Crippen LogP contribution >= 0.6 is 0 Å². The number of hydrogen-bond donors (Lipinski definition) is 1. The summed E-state index contributed by atoms with van der Waals surface area (Å²) in [5.74, 6) is 0.0594. The van der Waals surface area contributed by atoms with Gasteiger partial charge in [0.25, 0.3) is 5.56 Å². The van der Waals surface area contributed by atoms with Crippen LogP contribution in [0.1, 0.15) is 25.1 Å². The standard InChI is InChI=1S/C11H14N2O2/c1-7(14)10-6-4-8-3-5-9(12-2)11(15)13(8)10/h3,5,10,12H,4,6H2,1-2H3/t10-/m0/s1. The molecule has 1 aromatic rings. The summed E-state index contributed by atoms with van der Waals surface area (Å²) in [6.45, 7) is 1.54. The van der Waals surface area contributed by atoms with Gasteiger partial charge in [0.15, 0.2) is 5.78 Å². The van der Waals surface area contributed by atoms with E-state index < -0.39 is 0 Å². The molecule has 0 aliphatic carbocycles. The third-order valence-electron chi connectivity index (χ3n) is 2.93. The van der Waals surface area contributed by atoms with E-state index in [-0.39, 0.29) is 17.4 Å². The number of carbonyl (C=O) groups is 1. The molecule has 2 rings (SSSR count). The maximum absolute atomic E-state index is 12.0. The molecule has 0 fully saturated rings. The number of ketones is 1. The van der Waals surface area contributed by atoms with E-state index in [2.05, 4.69) is 5.32 Å². The quantitative estimate of drug-likeness (QED) is 0.784. The summed E-state index contributed by atoms with van der Waals surface area (Å²) in [6, 6.07) is 3.42. The van der Waals surface area contributed by atoms with Crippen LogP contribution in [0.3, 0.4) is 0 Å². The van der Waals surface area contributed by atoms with Crippen LogP contribution in [0.4, 0.5) is 5.69 Å². The molecule has 80 valence electrons. The molecule has 1 atom stereocenters. The van der Waals surface area contributed by atoms with Crippen LogP contribution < -0.4 is 10.9 Å². The Morgan fingerprint density at radius 1 is 1.53 bits per heavy atom. The lowest BCUT2D eigenvalue weighted by Crippen LogP contribution is -2.28. The van der Waals surface area contributed by atoms with Crippen molar-refractivity contribution in [2.24, 2.45) is 0 Å². The molecule has 15 heavy (non-hydrogen) atoms. The summed E-state index contributed by atoms with van der Waals surface area (Å²) in [4.78, 5) is 23.3. The van der Waals surface area contributed by atoms with Gasteiger partial charge in [-0.25, -0.2) is 0 Å². The Balaban J connectivity index is 2.60. The molecule has 0 saturated carbocycles. The van der Waals surface area contributed by atoms with E-state index >= 15 is 0 Å². The minimum Gasteiger partial charge on any atom is -0.384 e. The zero-order chi connectivity index (χ0) is 11.0. The zero-order valence-electron chi connectivity index (χ0n) is 8.91. The highest BCUT2D eigenvalue weighted by atomic mass is 16.1. The molecule has 0 amide bonds. The monoisotopic (exact) mass is 206 g/mol. The fraction of sp³-hybridized carbons (Fsp3) is 0.455. The molecule has 0 spiro atoms. The molecule has 0 unspecified atom stereocenters. The number of Topliss-reactive ketones (excluding diaryl/α,β-unsaturated/α-hetero) is 1. The second-order valence-corrected chi connectivity index (χ2v) is 3.83. The van der Waals surface area contributed by atoms with Crippen molar-refractivity contribution in [3.63, 3.8) is 0 Å². The average Bonchev–Trinajstić information content (AvgIpc) is 2.63. The number of hydrogen-bond acceptors (Lipinski definition) is 3. The van der Waals surface area contributed by atoms with E-state index in [9.17, 15) is 9.59 Å². The molecule has 0 aromatic carbocycles. The Morgan fingerprint density at radius 2 is 2.27 bits per heavy atom. The van der Waals surface area contributed by atoms with Gasteiger partial charge in [-0.3, -0.25) is 9.59 Å². The van der Waals surface area contributed by atoms with Crippen molar-refractivity contribution < 1.29 is 4.79 Å². The molecule has 2 heterocycles. The van der Waals surface area contributed by atoms with E-state index in [0.717, 1.165) is 18.5 Å². The SMILES string of the molecule is CNc1ccc2n(c1=O)[C@H](C(C)=O)CC2. The molecule has 4 heteroatoms. The summed E-state index contributed by atoms with van der Waals surface area (Å²) in [5, 5.41) is 2.84. The van der Waals surface area contributed by atoms with Crippen LogP contribution in [0.15, 0.2) is 16.9 Å². The van der Waals surface area contributed by atoms with Gasteiger partial charge in [-0.2, -0.15) is 0 Å². The van der Waals surface area contributed by atoms with Gasteiger partial charge in [0.1, 0.15) is 5.69 Å². The number of aryl methyl sites for hydroxylation is 1. The van der Waals surface area contributed by atoms with Gasteiger partial charge in [-0.1, -0.05) is 0 Å². The van der Waals surface area contributed by atoms with E-state index in [1.165, 1.54) is 6.92 Å². The van der Waals surface area contributed by atoms with Gasteiger partial charge in [-0.15, -0.1) is 0 Å². The number of carbonyl (C=O) groups excluding carboxylic acids is 1. The molecule has 4 nitrogen and oxygen atoms in total. The Kier molecular flexibility index (Phi) is 2.34. The maximum Gasteiger partial charge on any atom is 0.274 e. The van der Waals surface area contributed by atoms with Crippen molar-refractivity contribution in [2.75, 3.05) is 12.4 Å². The van der Waals surface area contributed by atoms with Crippen LogP contribution in [-0.2, 0) is 11.2 Å². The predicted octanol–water partition coefficient (Wildman–Crippen LogP) is 0.966. The van der Waals surface area contributed by atoms with Crippen molar-refractivity contribution >= 4 is 11.5 Å². The Morgan fingerprint density at radius 3 is 2.87 bits per heavy atom. The lowest BCUT2D eigenvalue weighted by atomic mass is 10.1. The van der Waals surface area contributed by atoms with Crippen molar-refractivity contribution in [3.8, 4) is 0 Å². The fourth-order valence-electron chi connectivity index (χ4n) is 2.13. The number of fused-ring (bicyclic) bond motifs is 1. The highest BCUT2D eigenvalue weighted by molar-refractivity contribution is 5.80. The van der Waals surface area contributed by atoms with Crippen molar-refractivity contribution in [2.45, 2.75) is 25.8 Å². The number of aromatic nitrogens is 1. The van der Waals surface area contributed by atoms with Gasteiger partial charge in [0.05, 0.1) is 6.04 Å². The van der Waals surface area contributed by atoms with Crippen molar-refractivity contribution in [3.05, 3.63) is 28.2 Å². The minimum absolute atomic E-state index is 0.0594. The molecular weight excluding hydrogens is 192 g/mol. The van der Waals surface area contributed by atoms with E-state index in [1.54, 1.807) is 17.7 Å². The highest BCUT2D eigenvalue weighted by Crippen LogP contribution is 2.24. The van der Waals surface area contributed by atoms with Crippen LogP contribution in [-0.4, -0.2) is 17.4 Å². The highest BCUT2D eigenvalue weighted by Gasteiger charge is 2.27. The number of nitrogens with one attached hydrogen (secondary N) is 1. The Hall–Kier alpha value is -1.58. The fourth-order valence-corrected chi connectivity index (χ4v) is 2.13. The number of nitrogens with zero attached hydrogens (tertiary/aromatic N) is 1. The minimum atomic E-state index is -0.263. The molecule has 1 aliphatic heterocycles. The van der Waals surface area contributed by atoms with Crippen LogP contribution in [0, 0.1) is 0 Å². The van der Waals surface area contributed by atoms with Crippen molar-refractivity contribution in [1.29, 1.82) is 0 Å². The summed E-state index contributed by atoms with van der Waals surface area (Å²) >= 11 is 0. The molecule has 0 bridgehead atoms. The largest absolute Gasteiger partial charge is 0.384 e. The maximum atomic E-state index is 12.0. The Bertz CT molecular complexity index is 462. The van der Waals surface area contributed by atoms with E-state index in [0.29, 0.717) is 5.69 Å². The molecule has 1 N–H and O–H groups in total. The van der Waals surface area contributed by atoms with Gasteiger partial charge < -0.3 is 9.88 Å². The Labute approximate surface area is 87.9 Å². The summed E-state index contributed by atoms with van der Waals surface area (Å²) in [5.41, 5.74) is 1.42. The number of rotatable bonds is 2. The molecule has 1 aromatic heterocycles. The van der Waals surface area contributed by atoms with Crippen LogP contribution in [0.25, 0.3) is 0 Å². The normalized spacial score (nSPS) is 18.7. The first-order valence-corrected chi connectivity index (χ1v) is 5.07. The first kappa shape index (κ1) is 9.96. The van der Waals surface area contributed by atoms with Gasteiger partial charge in [0, 0.05) is 12.7 Å². The van der Waals surface area contributed by atoms with E-state index in [1.807, 2.05) is 6.07 Å². The predicted molar refractivity (Wildman–Crippen MR) is 58.3 cm³/mol. The summed E-state index contributed by atoms with van der Waals surface area (Å²) < 4.78 is 1.62. The number of anilines is 1. The summed E-state index contributed by atoms with van der Waals surface area (Å²) in [7, 11) is 1.71. The first-order chi connectivity index (χ1) is 7.15. The third-order valence-corrected chi connectivity index (χ3v) is 2.93. The van der Waals surface area contributed by atoms with Crippen LogP contribution in [0.5, 0.6) is 0 Å².